The number of non-ortho nitro benzene ring substituents is 1. The van der Waals surface area contributed by atoms with Crippen LogP contribution in [-0.2, 0) is 16.0 Å². The summed E-state index contributed by atoms with van der Waals surface area (Å²) < 4.78 is 0. The van der Waals surface area contributed by atoms with Gasteiger partial charge >= 0.3 is 11.8 Å². The lowest BCUT2D eigenvalue weighted by Gasteiger charge is -2.06. The van der Waals surface area contributed by atoms with Crippen LogP contribution in [0.5, 0.6) is 0 Å². The molecule has 124 valence electrons. The molecule has 0 saturated carbocycles. The summed E-state index contributed by atoms with van der Waals surface area (Å²) in [4.78, 5) is 33.5. The van der Waals surface area contributed by atoms with Gasteiger partial charge in [-0.3, -0.25) is 19.7 Å². The number of carbonyl (C=O) groups is 2. The Bertz CT molecular complexity index is 714. The zero-order valence-corrected chi connectivity index (χ0v) is 12.9. The summed E-state index contributed by atoms with van der Waals surface area (Å²) in [6, 6.07) is 15.1. The Hall–Kier alpha value is -3.22. The summed E-state index contributed by atoms with van der Waals surface area (Å²) in [7, 11) is 0. The smallest absolute Gasteiger partial charge is 0.313 e. The molecule has 0 spiro atoms. The van der Waals surface area contributed by atoms with Crippen LogP contribution in [0.1, 0.15) is 12.0 Å². The van der Waals surface area contributed by atoms with Crippen molar-refractivity contribution in [3.8, 4) is 0 Å². The second-order valence-electron chi connectivity index (χ2n) is 5.10. The standard InChI is InChI=1S/C17H17N3O4/c21-16(18-12-4-7-13-5-2-1-3-6-13)17(22)19-14-8-10-15(11-9-14)20(23)24/h1-3,5-6,8-11H,4,7,12H2,(H,18,21)(H,19,22). The van der Waals surface area contributed by atoms with Crippen LogP contribution >= 0.6 is 0 Å². The van der Waals surface area contributed by atoms with Gasteiger partial charge in [0.15, 0.2) is 0 Å². The minimum Gasteiger partial charge on any atom is -0.348 e. The number of hydrogen-bond acceptors (Lipinski definition) is 4. The largest absolute Gasteiger partial charge is 0.348 e. The quantitative estimate of drug-likeness (QED) is 0.368. The molecule has 0 bridgehead atoms. The number of hydrogen-bond donors (Lipinski definition) is 2. The molecule has 0 saturated heterocycles. The molecule has 0 radical (unpaired) electrons. The number of nitrogens with zero attached hydrogens (tertiary/aromatic N) is 1. The number of anilines is 1. The highest BCUT2D eigenvalue weighted by Gasteiger charge is 2.13. The average Bonchev–Trinajstić information content (AvgIpc) is 2.60. The molecule has 0 heterocycles. The van der Waals surface area contributed by atoms with E-state index in [-0.39, 0.29) is 5.69 Å². The third-order valence-corrected chi connectivity index (χ3v) is 3.31. The first-order chi connectivity index (χ1) is 11.6. The second-order valence-corrected chi connectivity index (χ2v) is 5.10. The van der Waals surface area contributed by atoms with E-state index in [1.807, 2.05) is 30.3 Å². The monoisotopic (exact) mass is 327 g/mol. The van der Waals surface area contributed by atoms with Gasteiger partial charge in [0.1, 0.15) is 0 Å². The summed E-state index contributed by atoms with van der Waals surface area (Å²) in [5, 5.41) is 15.5. The predicted molar refractivity (Wildman–Crippen MR) is 89.5 cm³/mol. The van der Waals surface area contributed by atoms with Gasteiger partial charge in [-0.2, -0.15) is 0 Å². The van der Waals surface area contributed by atoms with Gasteiger partial charge in [-0.15, -0.1) is 0 Å². The molecule has 2 aromatic rings. The van der Waals surface area contributed by atoms with Crippen LogP contribution in [0.15, 0.2) is 54.6 Å². The highest BCUT2D eigenvalue weighted by molar-refractivity contribution is 6.39. The number of nitrogens with one attached hydrogen (secondary N) is 2. The Balaban J connectivity index is 1.73. The minimum absolute atomic E-state index is 0.0848. The Morgan fingerprint density at radius 1 is 0.958 bits per heavy atom. The van der Waals surface area contributed by atoms with E-state index in [4.69, 9.17) is 0 Å². The molecule has 24 heavy (non-hydrogen) atoms. The molecule has 0 fully saturated rings. The number of nitro groups is 1. The topological polar surface area (TPSA) is 101 Å². The number of benzene rings is 2. The first kappa shape index (κ1) is 17.1. The molecule has 2 N–H and O–H groups in total. The minimum atomic E-state index is -0.802. The molecular formula is C17H17N3O4. The van der Waals surface area contributed by atoms with Crippen LogP contribution in [0.2, 0.25) is 0 Å². The lowest BCUT2D eigenvalue weighted by atomic mass is 10.1. The fourth-order valence-corrected chi connectivity index (χ4v) is 2.07. The zero-order chi connectivity index (χ0) is 17.4. The van der Waals surface area contributed by atoms with E-state index in [0.29, 0.717) is 12.2 Å². The predicted octanol–water partition coefficient (Wildman–Crippen LogP) is 2.28. The van der Waals surface area contributed by atoms with E-state index in [2.05, 4.69) is 10.6 Å². The lowest BCUT2D eigenvalue weighted by molar-refractivity contribution is -0.384. The van der Waals surface area contributed by atoms with Crippen LogP contribution in [0.25, 0.3) is 0 Å². The molecule has 7 heteroatoms. The van der Waals surface area contributed by atoms with Crippen LogP contribution in [0.4, 0.5) is 11.4 Å². The van der Waals surface area contributed by atoms with Crippen molar-refractivity contribution in [3.05, 3.63) is 70.3 Å². The molecular weight excluding hydrogens is 310 g/mol. The van der Waals surface area contributed by atoms with Gasteiger partial charge in [0.05, 0.1) is 4.92 Å². The van der Waals surface area contributed by atoms with Gasteiger partial charge in [-0.1, -0.05) is 30.3 Å². The van der Waals surface area contributed by atoms with Crippen molar-refractivity contribution < 1.29 is 14.5 Å². The van der Waals surface area contributed by atoms with Crippen LogP contribution < -0.4 is 10.6 Å². The van der Waals surface area contributed by atoms with Gasteiger partial charge in [0, 0.05) is 24.4 Å². The zero-order valence-electron chi connectivity index (χ0n) is 12.9. The Morgan fingerprint density at radius 2 is 1.62 bits per heavy atom. The average molecular weight is 327 g/mol. The van der Waals surface area contributed by atoms with Crippen molar-refractivity contribution in [2.24, 2.45) is 0 Å². The van der Waals surface area contributed by atoms with E-state index in [0.717, 1.165) is 12.8 Å². The van der Waals surface area contributed by atoms with E-state index >= 15 is 0 Å². The third kappa shape index (κ3) is 5.20. The highest BCUT2D eigenvalue weighted by Crippen LogP contribution is 2.15. The maximum absolute atomic E-state index is 11.7. The molecule has 0 unspecified atom stereocenters. The summed E-state index contributed by atoms with van der Waals surface area (Å²) >= 11 is 0. The summed E-state index contributed by atoms with van der Waals surface area (Å²) in [6.07, 6.45) is 1.53. The lowest BCUT2D eigenvalue weighted by Crippen LogP contribution is -2.36. The van der Waals surface area contributed by atoms with Crippen molar-refractivity contribution in [1.29, 1.82) is 0 Å². The third-order valence-electron chi connectivity index (χ3n) is 3.31. The molecule has 2 rings (SSSR count). The molecule has 0 aromatic heterocycles. The Labute approximate surface area is 138 Å². The van der Waals surface area contributed by atoms with E-state index in [1.165, 1.54) is 29.8 Å². The molecule has 7 nitrogen and oxygen atoms in total. The fraction of sp³-hybridized carbons (Fsp3) is 0.176. The summed E-state index contributed by atoms with van der Waals surface area (Å²) in [6.45, 7) is 0.390. The normalized spacial score (nSPS) is 10.0. The first-order valence-electron chi connectivity index (χ1n) is 7.44. The summed E-state index contributed by atoms with van der Waals surface area (Å²) in [5.41, 5.74) is 1.41. The molecule has 0 aliphatic carbocycles. The van der Waals surface area contributed by atoms with Crippen molar-refractivity contribution in [2.75, 3.05) is 11.9 Å². The Kier molecular flexibility index (Phi) is 6.01. The van der Waals surface area contributed by atoms with Crippen LogP contribution in [-0.4, -0.2) is 23.3 Å². The van der Waals surface area contributed by atoms with Gasteiger partial charge in [0.2, 0.25) is 0 Å². The first-order valence-corrected chi connectivity index (χ1v) is 7.44. The van der Waals surface area contributed by atoms with E-state index < -0.39 is 16.7 Å². The fourth-order valence-electron chi connectivity index (χ4n) is 2.07. The number of rotatable bonds is 6. The maximum atomic E-state index is 11.7. The van der Waals surface area contributed by atoms with Gasteiger partial charge in [-0.05, 0) is 30.5 Å². The summed E-state index contributed by atoms with van der Waals surface area (Å²) in [5.74, 6) is -1.54. The molecule has 0 aliphatic rings. The highest BCUT2D eigenvalue weighted by atomic mass is 16.6. The molecule has 2 aromatic carbocycles. The van der Waals surface area contributed by atoms with Crippen molar-refractivity contribution in [2.45, 2.75) is 12.8 Å². The van der Waals surface area contributed by atoms with Gasteiger partial charge in [0.25, 0.3) is 5.69 Å². The van der Waals surface area contributed by atoms with Crippen molar-refractivity contribution >= 4 is 23.2 Å². The number of carbonyl (C=O) groups excluding carboxylic acids is 2. The van der Waals surface area contributed by atoms with Crippen molar-refractivity contribution in [3.63, 3.8) is 0 Å². The number of nitro benzene ring substituents is 1. The Morgan fingerprint density at radius 3 is 2.25 bits per heavy atom. The SMILES string of the molecule is O=C(NCCCc1ccccc1)C(=O)Nc1ccc([N+](=O)[O-])cc1. The molecule has 2 amide bonds. The maximum Gasteiger partial charge on any atom is 0.313 e. The van der Waals surface area contributed by atoms with E-state index in [9.17, 15) is 19.7 Å². The second kappa shape index (κ2) is 8.42. The van der Waals surface area contributed by atoms with Crippen molar-refractivity contribution in [1.82, 2.24) is 5.32 Å². The van der Waals surface area contributed by atoms with E-state index in [1.54, 1.807) is 0 Å². The molecule has 0 aliphatic heterocycles. The van der Waals surface area contributed by atoms with Crippen LogP contribution in [0, 0.1) is 10.1 Å². The van der Waals surface area contributed by atoms with Crippen LogP contribution in [0.3, 0.4) is 0 Å². The van der Waals surface area contributed by atoms with Gasteiger partial charge in [-0.25, -0.2) is 0 Å². The number of amides is 2. The molecule has 0 atom stereocenters. The number of aryl methyl sites for hydroxylation is 1. The van der Waals surface area contributed by atoms with Gasteiger partial charge < -0.3 is 10.6 Å².